The Labute approximate surface area is 202 Å². The number of H-pyrrole nitrogens is 1. The van der Waals surface area contributed by atoms with E-state index in [-0.39, 0.29) is 24.7 Å². The summed E-state index contributed by atoms with van der Waals surface area (Å²) in [5, 5.41) is 16.1. The lowest BCUT2D eigenvalue weighted by molar-refractivity contribution is -0.132. The Morgan fingerprint density at radius 1 is 0.857 bits per heavy atom. The van der Waals surface area contributed by atoms with Gasteiger partial charge < -0.3 is 5.32 Å². The number of aromatic nitrogens is 3. The van der Waals surface area contributed by atoms with E-state index < -0.39 is 0 Å². The number of hydrazone groups is 1. The molecule has 2 heterocycles. The number of amides is 2. The van der Waals surface area contributed by atoms with E-state index in [9.17, 15) is 9.59 Å². The molecule has 3 aromatic carbocycles. The lowest BCUT2D eigenvalue weighted by atomic mass is 10.1. The van der Waals surface area contributed by atoms with Crippen molar-refractivity contribution < 1.29 is 9.59 Å². The van der Waals surface area contributed by atoms with E-state index >= 15 is 0 Å². The Morgan fingerprint density at radius 3 is 2.31 bits per heavy atom. The van der Waals surface area contributed by atoms with Gasteiger partial charge in [0, 0.05) is 30.4 Å². The smallest absolute Gasteiger partial charge is 0.243 e. The second-order valence-electron chi connectivity index (χ2n) is 8.15. The van der Waals surface area contributed by atoms with Gasteiger partial charge in [0.05, 0.1) is 17.9 Å². The molecule has 1 aliphatic rings. The van der Waals surface area contributed by atoms with Gasteiger partial charge in [-0.1, -0.05) is 72.8 Å². The number of benzene rings is 3. The minimum absolute atomic E-state index is 0.0610. The average molecular weight is 465 g/mol. The number of hydrogen-bond acceptors (Lipinski definition) is 5. The number of nitrogens with zero attached hydrogens (tertiary/aromatic N) is 4. The molecular weight excluding hydrogens is 440 g/mol. The molecule has 5 rings (SSSR count). The number of carbonyl (C=O) groups excluding carboxylic acids is 2. The van der Waals surface area contributed by atoms with Crippen LogP contribution in [0.2, 0.25) is 0 Å². The van der Waals surface area contributed by atoms with E-state index in [0.29, 0.717) is 30.3 Å². The molecule has 1 aromatic heterocycles. The van der Waals surface area contributed by atoms with Crippen molar-refractivity contribution in [2.75, 3.05) is 11.9 Å². The molecular formula is C27H24N6O2. The number of aromatic amines is 1. The molecule has 2 N–H and O–H groups in total. The van der Waals surface area contributed by atoms with Gasteiger partial charge in [-0.2, -0.15) is 10.2 Å². The van der Waals surface area contributed by atoms with Gasteiger partial charge in [-0.3, -0.25) is 14.7 Å². The quantitative estimate of drug-likeness (QED) is 0.420. The number of para-hydroxylation sites is 1. The number of rotatable bonds is 7. The molecule has 8 nitrogen and oxygen atoms in total. The molecule has 0 unspecified atom stereocenters. The van der Waals surface area contributed by atoms with Gasteiger partial charge in [-0.05, 0) is 17.7 Å². The Kier molecular flexibility index (Phi) is 6.43. The zero-order valence-electron chi connectivity index (χ0n) is 19.0. The molecule has 1 aliphatic heterocycles. The maximum Gasteiger partial charge on any atom is 0.243 e. The molecule has 0 saturated carbocycles. The Morgan fingerprint density at radius 2 is 1.54 bits per heavy atom. The highest BCUT2D eigenvalue weighted by atomic mass is 16.2. The highest BCUT2D eigenvalue weighted by molar-refractivity contribution is 6.03. The van der Waals surface area contributed by atoms with Crippen LogP contribution in [-0.2, 0) is 9.59 Å². The summed E-state index contributed by atoms with van der Waals surface area (Å²) in [5.41, 5.74) is 4.12. The molecule has 0 spiro atoms. The van der Waals surface area contributed by atoms with E-state index in [1.807, 2.05) is 78.9 Å². The first kappa shape index (κ1) is 22.2. The summed E-state index contributed by atoms with van der Waals surface area (Å²) in [6.45, 7) is 0.531. The zero-order chi connectivity index (χ0) is 24.0. The normalized spacial score (nSPS) is 12.9. The third-order valence-corrected chi connectivity index (χ3v) is 5.74. The first-order valence-corrected chi connectivity index (χ1v) is 11.5. The summed E-state index contributed by atoms with van der Waals surface area (Å²) in [6.07, 6.45) is 0.850. The van der Waals surface area contributed by atoms with Crippen molar-refractivity contribution in [1.82, 2.24) is 20.2 Å². The standard InChI is InChI=1S/C27H24N6O2/c34-24(15-16-25(35)33-18-17-22(32-33)19-9-3-1-4-10-19)28-23-14-8-7-13-21(23)27-29-26(30-31-27)20-11-5-2-6-12-20/h1-14H,15-18H2,(H,28,34)(H,29,30,31). The van der Waals surface area contributed by atoms with Crippen LogP contribution in [0.3, 0.4) is 0 Å². The van der Waals surface area contributed by atoms with Crippen molar-refractivity contribution in [1.29, 1.82) is 0 Å². The van der Waals surface area contributed by atoms with E-state index in [4.69, 9.17) is 0 Å². The molecule has 35 heavy (non-hydrogen) atoms. The molecule has 174 valence electrons. The topological polar surface area (TPSA) is 103 Å². The summed E-state index contributed by atoms with van der Waals surface area (Å²) in [4.78, 5) is 29.9. The van der Waals surface area contributed by atoms with Gasteiger partial charge in [-0.15, -0.1) is 0 Å². The first-order valence-electron chi connectivity index (χ1n) is 11.5. The average Bonchev–Trinajstić information content (AvgIpc) is 3.60. The largest absolute Gasteiger partial charge is 0.325 e. The SMILES string of the molecule is O=C(CCC(=O)N1CCC(c2ccccc2)=N1)Nc1ccccc1-c1nc(-c2ccccc2)n[nH]1. The second kappa shape index (κ2) is 10.1. The molecule has 0 aliphatic carbocycles. The lowest BCUT2D eigenvalue weighted by Gasteiger charge is -2.12. The van der Waals surface area contributed by atoms with Gasteiger partial charge in [0.2, 0.25) is 11.8 Å². The Balaban J connectivity index is 1.21. The Hall–Kier alpha value is -4.59. The highest BCUT2D eigenvalue weighted by Gasteiger charge is 2.22. The maximum atomic E-state index is 12.7. The number of anilines is 1. The monoisotopic (exact) mass is 464 g/mol. The van der Waals surface area contributed by atoms with Gasteiger partial charge in [0.15, 0.2) is 11.6 Å². The fraction of sp³-hybridized carbons (Fsp3) is 0.148. The predicted molar refractivity (Wildman–Crippen MR) is 134 cm³/mol. The molecule has 0 atom stereocenters. The Bertz CT molecular complexity index is 1360. The number of carbonyl (C=O) groups is 2. The molecule has 4 aromatic rings. The number of nitrogens with one attached hydrogen (secondary N) is 2. The van der Waals surface area contributed by atoms with E-state index in [2.05, 4.69) is 25.6 Å². The van der Waals surface area contributed by atoms with Crippen molar-refractivity contribution in [2.45, 2.75) is 19.3 Å². The van der Waals surface area contributed by atoms with Gasteiger partial charge >= 0.3 is 0 Å². The van der Waals surface area contributed by atoms with Crippen LogP contribution in [0.15, 0.2) is 90.0 Å². The number of hydrogen-bond donors (Lipinski definition) is 2. The molecule has 0 fully saturated rings. The molecule has 0 radical (unpaired) electrons. The van der Waals surface area contributed by atoms with Crippen molar-refractivity contribution >= 4 is 23.2 Å². The van der Waals surface area contributed by atoms with Gasteiger partial charge in [0.1, 0.15) is 0 Å². The van der Waals surface area contributed by atoms with Crippen LogP contribution in [0, 0.1) is 0 Å². The maximum absolute atomic E-state index is 12.7. The van der Waals surface area contributed by atoms with Crippen LogP contribution in [0.4, 0.5) is 5.69 Å². The van der Waals surface area contributed by atoms with Crippen molar-refractivity contribution in [2.24, 2.45) is 5.10 Å². The summed E-state index contributed by atoms with van der Waals surface area (Å²) in [6, 6.07) is 26.8. The van der Waals surface area contributed by atoms with E-state index in [0.717, 1.165) is 22.4 Å². The first-order chi connectivity index (χ1) is 17.2. The van der Waals surface area contributed by atoms with Crippen molar-refractivity contribution in [3.63, 3.8) is 0 Å². The van der Waals surface area contributed by atoms with Crippen LogP contribution in [0.25, 0.3) is 22.8 Å². The van der Waals surface area contributed by atoms with Crippen LogP contribution < -0.4 is 5.32 Å². The van der Waals surface area contributed by atoms with Crippen molar-refractivity contribution in [3.8, 4) is 22.8 Å². The molecule has 8 heteroatoms. The van der Waals surface area contributed by atoms with Crippen LogP contribution in [0.5, 0.6) is 0 Å². The van der Waals surface area contributed by atoms with Crippen molar-refractivity contribution in [3.05, 3.63) is 90.5 Å². The van der Waals surface area contributed by atoms with Crippen LogP contribution >= 0.6 is 0 Å². The predicted octanol–water partition coefficient (Wildman–Crippen LogP) is 4.49. The summed E-state index contributed by atoms with van der Waals surface area (Å²) < 4.78 is 0. The fourth-order valence-corrected chi connectivity index (χ4v) is 3.93. The zero-order valence-corrected chi connectivity index (χ0v) is 19.0. The van der Waals surface area contributed by atoms with Gasteiger partial charge in [0.25, 0.3) is 0 Å². The second-order valence-corrected chi connectivity index (χ2v) is 8.15. The molecule has 0 bridgehead atoms. The summed E-state index contributed by atoms with van der Waals surface area (Å²) >= 11 is 0. The van der Waals surface area contributed by atoms with E-state index in [1.165, 1.54) is 5.01 Å². The fourth-order valence-electron chi connectivity index (χ4n) is 3.93. The van der Waals surface area contributed by atoms with E-state index in [1.54, 1.807) is 6.07 Å². The third-order valence-electron chi connectivity index (χ3n) is 5.74. The summed E-state index contributed by atoms with van der Waals surface area (Å²) in [7, 11) is 0. The minimum atomic E-state index is -0.250. The van der Waals surface area contributed by atoms with Crippen LogP contribution in [-0.4, -0.2) is 44.3 Å². The van der Waals surface area contributed by atoms with Crippen LogP contribution in [0.1, 0.15) is 24.8 Å². The highest BCUT2D eigenvalue weighted by Crippen LogP contribution is 2.27. The lowest BCUT2D eigenvalue weighted by Crippen LogP contribution is -2.25. The van der Waals surface area contributed by atoms with Gasteiger partial charge in [-0.25, -0.2) is 9.99 Å². The minimum Gasteiger partial charge on any atom is -0.325 e. The molecule has 0 saturated heterocycles. The molecule has 2 amide bonds. The summed E-state index contributed by atoms with van der Waals surface area (Å²) in [5.74, 6) is 0.714. The third kappa shape index (κ3) is 5.16.